The Hall–Kier alpha value is -0.600. The highest BCUT2D eigenvalue weighted by molar-refractivity contribution is 7.91. The molecule has 0 aliphatic carbocycles. The Morgan fingerprint density at radius 2 is 1.72 bits per heavy atom. The van der Waals surface area contributed by atoms with Gasteiger partial charge in [-0.25, -0.2) is 13.1 Å². The number of rotatable bonds is 2. The fourth-order valence-electron chi connectivity index (χ4n) is 1.34. The van der Waals surface area contributed by atoms with Crippen LogP contribution >= 0.6 is 11.3 Å². The third-order valence-corrected chi connectivity index (χ3v) is 5.15. The van der Waals surface area contributed by atoms with E-state index in [4.69, 9.17) is 0 Å². The highest BCUT2D eigenvalue weighted by Gasteiger charge is 2.39. The minimum atomic E-state index is -4.67. The molecule has 0 aliphatic rings. The smallest absolute Gasteiger partial charge is 0.206 e. The molecule has 0 saturated heterocycles. The summed E-state index contributed by atoms with van der Waals surface area (Å²) in [6.45, 7) is 6.14. The van der Waals surface area contributed by atoms with E-state index in [1.165, 1.54) is 6.92 Å². The quantitative estimate of drug-likeness (QED) is 0.912. The Balaban J connectivity index is 3.34. The van der Waals surface area contributed by atoms with Gasteiger partial charge >= 0.3 is 6.18 Å². The molecular weight excluding hydrogens is 287 g/mol. The number of sulfonamides is 1. The van der Waals surface area contributed by atoms with E-state index in [9.17, 15) is 21.6 Å². The van der Waals surface area contributed by atoms with Crippen LogP contribution in [-0.4, -0.2) is 14.0 Å². The van der Waals surface area contributed by atoms with Crippen LogP contribution in [0.25, 0.3) is 0 Å². The van der Waals surface area contributed by atoms with Crippen molar-refractivity contribution in [3.05, 3.63) is 16.5 Å². The fraction of sp³-hybridized carbons (Fsp3) is 0.600. The summed E-state index contributed by atoms with van der Waals surface area (Å²) in [7, 11) is -4.16. The van der Waals surface area contributed by atoms with Gasteiger partial charge in [-0.15, -0.1) is 11.3 Å². The summed E-state index contributed by atoms with van der Waals surface area (Å²) in [4.78, 5) is 0.302. The first-order valence-corrected chi connectivity index (χ1v) is 7.34. The van der Waals surface area contributed by atoms with Crippen LogP contribution in [0.3, 0.4) is 0 Å². The zero-order valence-electron chi connectivity index (χ0n) is 10.3. The molecule has 0 spiro atoms. The first-order chi connectivity index (χ1) is 7.83. The minimum absolute atomic E-state index is 0.302. The monoisotopic (exact) mass is 301 g/mol. The molecule has 3 nitrogen and oxygen atoms in total. The lowest BCUT2D eigenvalue weighted by atomic mass is 10.1. The second-order valence-electron chi connectivity index (χ2n) is 4.91. The van der Waals surface area contributed by atoms with E-state index in [1.54, 1.807) is 20.8 Å². The molecule has 8 heteroatoms. The van der Waals surface area contributed by atoms with Crippen LogP contribution in [0.1, 0.15) is 31.2 Å². The van der Waals surface area contributed by atoms with Crippen molar-refractivity contribution < 1.29 is 21.6 Å². The second kappa shape index (κ2) is 4.50. The molecule has 0 unspecified atom stereocenters. The second-order valence-corrected chi connectivity index (χ2v) is 8.05. The van der Waals surface area contributed by atoms with Crippen molar-refractivity contribution in [2.75, 3.05) is 0 Å². The molecule has 0 amide bonds. The van der Waals surface area contributed by atoms with Crippen LogP contribution in [-0.2, 0) is 16.2 Å². The normalized spacial score (nSPS) is 13.9. The summed E-state index contributed by atoms with van der Waals surface area (Å²) in [6, 6.07) is 0.849. The maximum absolute atomic E-state index is 12.7. The number of hydrogen-bond acceptors (Lipinski definition) is 3. The van der Waals surface area contributed by atoms with Crippen molar-refractivity contribution in [3.8, 4) is 0 Å². The van der Waals surface area contributed by atoms with Gasteiger partial charge in [0.05, 0.1) is 5.56 Å². The number of halogens is 3. The van der Waals surface area contributed by atoms with E-state index in [1.807, 2.05) is 0 Å². The Morgan fingerprint density at radius 1 is 1.22 bits per heavy atom. The van der Waals surface area contributed by atoms with Gasteiger partial charge in [0.25, 0.3) is 10.0 Å². The standard InChI is InChI=1S/C10H14F3NO2S2/c1-6-5-7(10(11,12)13)8(17-6)18(15,16)14-9(2,3)4/h5,14H,1-4H3. The van der Waals surface area contributed by atoms with Crippen LogP contribution in [0.2, 0.25) is 0 Å². The average molecular weight is 301 g/mol. The predicted molar refractivity (Wildman–Crippen MR) is 64.1 cm³/mol. The molecule has 0 aliphatic heterocycles. The van der Waals surface area contributed by atoms with Gasteiger partial charge in [0.15, 0.2) is 0 Å². The minimum Gasteiger partial charge on any atom is -0.206 e. The lowest BCUT2D eigenvalue weighted by molar-refractivity contribution is -0.139. The molecule has 1 heterocycles. The number of nitrogens with one attached hydrogen (secondary N) is 1. The van der Waals surface area contributed by atoms with Crippen LogP contribution in [0.4, 0.5) is 13.2 Å². The maximum atomic E-state index is 12.7. The lowest BCUT2D eigenvalue weighted by Gasteiger charge is -2.20. The SMILES string of the molecule is Cc1cc(C(F)(F)F)c(S(=O)(=O)NC(C)(C)C)s1. The van der Waals surface area contributed by atoms with Gasteiger partial charge in [-0.05, 0) is 33.8 Å². The molecule has 0 bridgehead atoms. The van der Waals surface area contributed by atoms with Crippen molar-refractivity contribution in [2.45, 2.75) is 43.6 Å². The number of thiophene rings is 1. The molecule has 104 valence electrons. The van der Waals surface area contributed by atoms with Gasteiger partial charge in [0.2, 0.25) is 0 Å². The topological polar surface area (TPSA) is 46.2 Å². The van der Waals surface area contributed by atoms with Gasteiger partial charge in [-0.3, -0.25) is 0 Å². The first-order valence-electron chi connectivity index (χ1n) is 5.04. The zero-order chi connectivity index (χ0) is 14.4. The fourth-order valence-corrected chi connectivity index (χ4v) is 4.41. The van der Waals surface area contributed by atoms with Gasteiger partial charge in [0.1, 0.15) is 4.21 Å². The summed E-state index contributed by atoms with van der Waals surface area (Å²) in [5.74, 6) is 0. The van der Waals surface area contributed by atoms with Crippen molar-refractivity contribution in [1.29, 1.82) is 0 Å². The summed E-state index contributed by atoms with van der Waals surface area (Å²) < 4.78 is 63.6. The van der Waals surface area contributed by atoms with E-state index in [0.717, 1.165) is 6.07 Å². The number of alkyl halides is 3. The van der Waals surface area contributed by atoms with Crippen molar-refractivity contribution in [2.24, 2.45) is 0 Å². The van der Waals surface area contributed by atoms with E-state index >= 15 is 0 Å². The summed E-state index contributed by atoms with van der Waals surface area (Å²) in [5.41, 5.74) is -1.94. The van der Waals surface area contributed by atoms with Crippen LogP contribution in [0.5, 0.6) is 0 Å². The molecule has 0 saturated carbocycles. The van der Waals surface area contributed by atoms with E-state index in [2.05, 4.69) is 4.72 Å². The molecular formula is C10H14F3NO2S2. The summed E-state index contributed by atoms with van der Waals surface area (Å²) >= 11 is 0.618. The Kier molecular flexibility index (Phi) is 3.86. The first kappa shape index (κ1) is 15.5. The van der Waals surface area contributed by atoms with E-state index in [-0.39, 0.29) is 0 Å². The Morgan fingerprint density at radius 3 is 2.11 bits per heavy atom. The Labute approximate surface area is 108 Å². The van der Waals surface area contributed by atoms with Crippen LogP contribution in [0, 0.1) is 6.92 Å². The van der Waals surface area contributed by atoms with Gasteiger partial charge in [-0.1, -0.05) is 0 Å². The Bertz CT molecular complexity index is 538. The van der Waals surface area contributed by atoms with Gasteiger partial charge in [0, 0.05) is 10.4 Å². The van der Waals surface area contributed by atoms with E-state index in [0.29, 0.717) is 16.2 Å². The van der Waals surface area contributed by atoms with Gasteiger partial charge in [-0.2, -0.15) is 13.2 Å². The molecule has 1 aromatic heterocycles. The third-order valence-electron chi connectivity index (χ3n) is 1.81. The van der Waals surface area contributed by atoms with Crippen molar-refractivity contribution in [1.82, 2.24) is 4.72 Å². The molecule has 1 aromatic rings. The molecule has 0 atom stereocenters. The average Bonchev–Trinajstić information content (AvgIpc) is 2.42. The summed E-state index contributed by atoms with van der Waals surface area (Å²) in [5, 5.41) is 0. The molecule has 18 heavy (non-hydrogen) atoms. The van der Waals surface area contributed by atoms with Crippen LogP contribution < -0.4 is 4.72 Å². The highest BCUT2D eigenvalue weighted by atomic mass is 32.2. The van der Waals surface area contributed by atoms with E-state index < -0.39 is 31.5 Å². The zero-order valence-corrected chi connectivity index (χ0v) is 12.0. The molecule has 0 fully saturated rings. The third kappa shape index (κ3) is 3.69. The lowest BCUT2D eigenvalue weighted by Crippen LogP contribution is -2.40. The predicted octanol–water partition coefficient (Wildman–Crippen LogP) is 3.15. The highest BCUT2D eigenvalue weighted by Crippen LogP contribution is 2.39. The molecule has 1 rings (SSSR count). The van der Waals surface area contributed by atoms with Crippen molar-refractivity contribution >= 4 is 21.4 Å². The van der Waals surface area contributed by atoms with Crippen molar-refractivity contribution in [3.63, 3.8) is 0 Å². The van der Waals surface area contributed by atoms with Gasteiger partial charge < -0.3 is 0 Å². The maximum Gasteiger partial charge on any atom is 0.418 e. The largest absolute Gasteiger partial charge is 0.418 e. The molecule has 0 aromatic carbocycles. The van der Waals surface area contributed by atoms with Crippen LogP contribution in [0.15, 0.2) is 10.3 Å². The number of aryl methyl sites for hydroxylation is 1. The summed E-state index contributed by atoms with van der Waals surface area (Å²) in [6.07, 6.45) is -4.67. The number of hydrogen-bond donors (Lipinski definition) is 1. The molecule has 1 N–H and O–H groups in total. The molecule has 0 radical (unpaired) electrons.